The second-order valence-corrected chi connectivity index (χ2v) is 17.3. The fraction of sp³-hybridized carbons (Fsp3) is 0. The van der Waals surface area contributed by atoms with Crippen molar-refractivity contribution in [3.8, 4) is 5.69 Å². The van der Waals surface area contributed by atoms with E-state index in [2.05, 4.69) is 237 Å². The summed E-state index contributed by atoms with van der Waals surface area (Å²) in [5.41, 5.74) is 19.0. The van der Waals surface area contributed by atoms with Gasteiger partial charge in [-0.2, -0.15) is 0 Å². The van der Waals surface area contributed by atoms with Crippen LogP contribution >= 0.6 is 0 Å². The van der Waals surface area contributed by atoms with Gasteiger partial charge in [0.15, 0.2) is 0 Å². The van der Waals surface area contributed by atoms with Gasteiger partial charge in [-0.25, -0.2) is 0 Å². The highest BCUT2D eigenvalue weighted by molar-refractivity contribution is 6.33. The van der Waals surface area contributed by atoms with Gasteiger partial charge in [-0.3, -0.25) is 0 Å². The molecule has 0 amide bonds. The number of rotatable bonds is 3. The van der Waals surface area contributed by atoms with Crippen molar-refractivity contribution in [1.82, 2.24) is 13.4 Å². The molecule has 0 aliphatic carbocycles. The molecule has 0 fully saturated rings. The van der Waals surface area contributed by atoms with Crippen LogP contribution in [-0.2, 0) is 0 Å². The quantitative estimate of drug-likeness (QED) is 0.174. The summed E-state index contributed by atoms with van der Waals surface area (Å²) in [4.78, 5) is 2.45. The molecule has 296 valence electrons. The van der Waals surface area contributed by atoms with Crippen molar-refractivity contribution in [1.29, 1.82) is 0 Å². The van der Waals surface area contributed by atoms with E-state index in [9.17, 15) is 0 Å². The van der Waals surface area contributed by atoms with Crippen LogP contribution in [0.4, 0.5) is 17.1 Å². The molecule has 64 heavy (non-hydrogen) atoms. The van der Waals surface area contributed by atoms with Gasteiger partial charge in [0.1, 0.15) is 0 Å². The molecular formula is C60H36N4. The summed E-state index contributed by atoms with van der Waals surface area (Å²) in [6.07, 6.45) is 2.37. The average Bonchev–Trinajstić information content (AvgIpc) is 3.93. The molecule has 0 N–H and O–H groups in total. The van der Waals surface area contributed by atoms with E-state index >= 15 is 0 Å². The summed E-state index contributed by atoms with van der Waals surface area (Å²) >= 11 is 0. The minimum atomic E-state index is 1.11. The molecule has 4 aromatic heterocycles. The maximum atomic E-state index is 2.56. The Morgan fingerprint density at radius 3 is 1.72 bits per heavy atom. The van der Waals surface area contributed by atoms with E-state index in [1.807, 2.05) is 0 Å². The van der Waals surface area contributed by atoms with Gasteiger partial charge in [0, 0.05) is 54.6 Å². The van der Waals surface area contributed by atoms with Crippen LogP contribution < -0.4 is 4.90 Å². The van der Waals surface area contributed by atoms with Crippen molar-refractivity contribution in [2.24, 2.45) is 0 Å². The van der Waals surface area contributed by atoms with Crippen LogP contribution in [-0.4, -0.2) is 13.4 Å². The van der Waals surface area contributed by atoms with Gasteiger partial charge in [0.2, 0.25) is 0 Å². The van der Waals surface area contributed by atoms with Crippen LogP contribution in [0.25, 0.3) is 105 Å². The highest BCUT2D eigenvalue weighted by Crippen LogP contribution is 2.50. The summed E-state index contributed by atoms with van der Waals surface area (Å²) in [5.74, 6) is 0. The lowest BCUT2D eigenvalue weighted by Gasteiger charge is -2.28. The SMILES string of the molecule is C1=C(c2ccccc2)c2ccc(-n3c4ccccc4c4ccc5c(c6ccc7ccc8c9ccccc9n9c%10ccccc%10n5c6c7c89)c43)cc2N(c2ccccc2)c2ccccc21. The molecule has 0 spiro atoms. The third-order valence-corrected chi connectivity index (χ3v) is 14.0. The Labute approximate surface area is 367 Å². The Bertz CT molecular complexity index is 4300. The molecule has 5 heterocycles. The first kappa shape index (κ1) is 34.0. The van der Waals surface area contributed by atoms with Crippen molar-refractivity contribution < 1.29 is 0 Å². The molecule has 1 aliphatic heterocycles. The van der Waals surface area contributed by atoms with E-state index in [0.29, 0.717) is 0 Å². The minimum absolute atomic E-state index is 1.11. The zero-order valence-corrected chi connectivity index (χ0v) is 34.6. The fourth-order valence-electron chi connectivity index (χ4n) is 11.5. The highest BCUT2D eigenvalue weighted by atomic mass is 15.2. The van der Waals surface area contributed by atoms with Crippen LogP contribution in [0.2, 0.25) is 0 Å². The Morgan fingerprint density at radius 1 is 0.328 bits per heavy atom. The molecule has 15 rings (SSSR count). The number of anilines is 3. The van der Waals surface area contributed by atoms with E-state index < -0.39 is 0 Å². The van der Waals surface area contributed by atoms with Crippen LogP contribution in [0, 0.1) is 0 Å². The van der Waals surface area contributed by atoms with E-state index in [1.54, 1.807) is 0 Å². The summed E-state index contributed by atoms with van der Waals surface area (Å²) in [7, 11) is 0. The second kappa shape index (κ2) is 12.5. The molecule has 1 aliphatic rings. The molecule has 4 nitrogen and oxygen atoms in total. The van der Waals surface area contributed by atoms with Crippen molar-refractivity contribution in [2.45, 2.75) is 0 Å². The molecule has 14 aromatic rings. The summed E-state index contributed by atoms with van der Waals surface area (Å²) in [5, 5.41) is 10.1. The minimum Gasteiger partial charge on any atom is -0.309 e. The van der Waals surface area contributed by atoms with Gasteiger partial charge in [-0.15, -0.1) is 0 Å². The monoisotopic (exact) mass is 812 g/mol. The smallest absolute Gasteiger partial charge is 0.0703 e. The van der Waals surface area contributed by atoms with E-state index in [-0.39, 0.29) is 0 Å². The van der Waals surface area contributed by atoms with Crippen LogP contribution in [0.1, 0.15) is 16.7 Å². The number of benzene rings is 10. The lowest BCUT2D eigenvalue weighted by molar-refractivity contribution is 1.17. The molecule has 10 aromatic carbocycles. The largest absolute Gasteiger partial charge is 0.309 e. The molecule has 0 saturated carbocycles. The Balaban J connectivity index is 1.12. The highest BCUT2D eigenvalue weighted by Gasteiger charge is 2.28. The Hall–Kier alpha value is -8.60. The average molecular weight is 813 g/mol. The number of nitrogens with zero attached hydrogens (tertiary/aromatic N) is 4. The summed E-state index contributed by atoms with van der Waals surface area (Å²) in [6, 6.07) is 78.5. The van der Waals surface area contributed by atoms with Crippen LogP contribution in [0.5, 0.6) is 0 Å². The number of fused-ring (bicyclic) bond motifs is 15. The first-order valence-electron chi connectivity index (χ1n) is 22.1. The van der Waals surface area contributed by atoms with E-state index in [4.69, 9.17) is 0 Å². The van der Waals surface area contributed by atoms with Gasteiger partial charge in [0.05, 0.1) is 55.5 Å². The maximum absolute atomic E-state index is 2.56. The zero-order valence-electron chi connectivity index (χ0n) is 34.6. The van der Waals surface area contributed by atoms with Crippen molar-refractivity contribution in [3.63, 3.8) is 0 Å². The normalized spacial score (nSPS) is 13.1. The molecule has 0 saturated heterocycles. The summed E-state index contributed by atoms with van der Waals surface area (Å²) in [6.45, 7) is 0. The molecule has 0 radical (unpaired) electrons. The zero-order chi connectivity index (χ0) is 41.6. The van der Waals surface area contributed by atoms with Crippen molar-refractivity contribution in [3.05, 3.63) is 229 Å². The van der Waals surface area contributed by atoms with Gasteiger partial charge in [-0.05, 0) is 88.8 Å². The van der Waals surface area contributed by atoms with Crippen LogP contribution in [0.3, 0.4) is 0 Å². The Kier molecular flexibility index (Phi) is 6.65. The summed E-state index contributed by atoms with van der Waals surface area (Å²) < 4.78 is 7.62. The molecule has 0 bridgehead atoms. The Morgan fingerprint density at radius 2 is 0.922 bits per heavy atom. The number of para-hydroxylation sites is 6. The standard InChI is InChI=1S/C60H36N4/c1-3-15-37(16-4-1)48-35-39-17-7-10-22-49(39)61(40-18-5-2-6-19-40)55-36-41(29-32-44(48)55)62-50-23-11-8-20-42(50)46-33-34-54-57(59(46)62)47-31-28-38-27-30-45-43-21-9-12-24-51(43)63-52-25-13-14-26-53(52)64(54)60(47)56(38)58(45)63/h1-36H. The predicted molar refractivity (Wildman–Crippen MR) is 270 cm³/mol. The molecule has 0 atom stereocenters. The number of hydrogen-bond acceptors (Lipinski definition) is 1. The van der Waals surface area contributed by atoms with Gasteiger partial charge in [0.25, 0.3) is 0 Å². The van der Waals surface area contributed by atoms with E-state index in [0.717, 1.165) is 22.7 Å². The topological polar surface area (TPSA) is 17.0 Å². The van der Waals surface area contributed by atoms with Gasteiger partial charge in [-0.1, -0.05) is 152 Å². The molecular weight excluding hydrogens is 777 g/mol. The lowest BCUT2D eigenvalue weighted by atomic mass is 9.95. The van der Waals surface area contributed by atoms with Crippen LogP contribution in [0.15, 0.2) is 212 Å². The van der Waals surface area contributed by atoms with Crippen molar-refractivity contribution in [2.75, 3.05) is 4.90 Å². The first-order valence-corrected chi connectivity index (χ1v) is 22.1. The third-order valence-electron chi connectivity index (χ3n) is 14.0. The molecule has 0 unspecified atom stereocenters. The second-order valence-electron chi connectivity index (χ2n) is 17.3. The predicted octanol–water partition coefficient (Wildman–Crippen LogP) is 15.9. The van der Waals surface area contributed by atoms with Gasteiger partial charge < -0.3 is 18.3 Å². The van der Waals surface area contributed by atoms with Gasteiger partial charge >= 0.3 is 0 Å². The van der Waals surface area contributed by atoms with E-state index in [1.165, 1.54) is 109 Å². The maximum Gasteiger partial charge on any atom is 0.0703 e. The third kappa shape index (κ3) is 4.36. The lowest BCUT2D eigenvalue weighted by Crippen LogP contribution is -2.12. The number of aromatic nitrogens is 3. The van der Waals surface area contributed by atoms with Crippen molar-refractivity contribution >= 4 is 116 Å². The molecule has 4 heteroatoms. The fourth-order valence-corrected chi connectivity index (χ4v) is 11.5. The first-order chi connectivity index (χ1) is 31.8. The number of hydrogen-bond donors (Lipinski definition) is 0.